The largest absolute Gasteiger partial charge is 0.511 e. The van der Waals surface area contributed by atoms with Gasteiger partial charge < -0.3 is 14.2 Å². The van der Waals surface area contributed by atoms with Crippen molar-refractivity contribution in [2.45, 2.75) is 73.8 Å². The van der Waals surface area contributed by atoms with Gasteiger partial charge in [0.15, 0.2) is 5.76 Å². The van der Waals surface area contributed by atoms with Crippen molar-refractivity contribution in [1.82, 2.24) is 9.78 Å². The fraction of sp³-hybridized carbons (Fsp3) is 0.519. The molecule has 0 amide bonds. The van der Waals surface area contributed by atoms with Crippen molar-refractivity contribution in [2.75, 3.05) is 13.4 Å². The van der Waals surface area contributed by atoms with E-state index in [9.17, 15) is 10.1 Å². The van der Waals surface area contributed by atoms with Crippen LogP contribution >= 0.6 is 0 Å². The maximum atomic E-state index is 12.0. The first-order chi connectivity index (χ1) is 16.0. The number of nitriles is 1. The second-order valence-electron chi connectivity index (χ2n) is 9.71. The minimum Gasteiger partial charge on any atom is -0.454 e. The van der Waals surface area contributed by atoms with Crippen molar-refractivity contribution in [2.24, 2.45) is 5.92 Å². The summed E-state index contributed by atoms with van der Waals surface area (Å²) in [7, 11) is 0. The Morgan fingerprint density at radius 3 is 2.29 bits per heavy atom. The highest BCUT2D eigenvalue weighted by Crippen LogP contribution is 2.32. The van der Waals surface area contributed by atoms with Gasteiger partial charge in [-0.1, -0.05) is 58.9 Å². The van der Waals surface area contributed by atoms with Gasteiger partial charge in [-0.05, 0) is 49.7 Å². The van der Waals surface area contributed by atoms with E-state index in [1.54, 1.807) is 4.68 Å². The topological polar surface area (TPSA) is 86.4 Å². The molecule has 0 aliphatic heterocycles. The predicted molar refractivity (Wildman–Crippen MR) is 133 cm³/mol. The van der Waals surface area contributed by atoms with Gasteiger partial charge in [0.1, 0.15) is 17.3 Å². The molecule has 0 aliphatic rings. The van der Waals surface area contributed by atoms with Crippen LogP contribution in [0.5, 0.6) is 0 Å². The summed E-state index contributed by atoms with van der Waals surface area (Å²) < 4.78 is 18.0. The van der Waals surface area contributed by atoms with Gasteiger partial charge in [-0.3, -0.25) is 4.68 Å². The van der Waals surface area contributed by atoms with Crippen LogP contribution in [0.2, 0.25) is 0 Å². The minimum absolute atomic E-state index is 0.00726. The van der Waals surface area contributed by atoms with E-state index in [-0.39, 0.29) is 18.8 Å². The number of allylic oxidation sites excluding steroid dienone is 1. The Kier molecular flexibility index (Phi) is 9.31. The van der Waals surface area contributed by atoms with E-state index < -0.39 is 6.16 Å². The van der Waals surface area contributed by atoms with Gasteiger partial charge in [0.25, 0.3) is 0 Å². The predicted octanol–water partition coefficient (Wildman–Crippen LogP) is 6.38. The number of hydrogen-bond donors (Lipinski definition) is 0. The standard InChI is InChI=1S/C27H37N3O4/c1-9-30-24(19(4)20(5)29-30)25(33-17-34-26(31)32-15-14-18(2)3)23(16-28)21-10-12-22(13-11-21)27(6,7)8/h10-13,18H,9,14-15,17H2,1-8H3/b25-23-. The third kappa shape index (κ3) is 6.86. The van der Waals surface area contributed by atoms with Crippen LogP contribution in [0.3, 0.4) is 0 Å². The average Bonchev–Trinajstić information content (AvgIpc) is 3.06. The number of aryl methyl sites for hydroxylation is 2. The van der Waals surface area contributed by atoms with Gasteiger partial charge in [0.05, 0.1) is 12.3 Å². The molecule has 1 heterocycles. The summed E-state index contributed by atoms with van der Waals surface area (Å²) in [4.78, 5) is 12.0. The Balaban J connectivity index is 2.41. The van der Waals surface area contributed by atoms with Crippen molar-refractivity contribution in [3.8, 4) is 6.07 Å². The Morgan fingerprint density at radius 1 is 1.12 bits per heavy atom. The van der Waals surface area contributed by atoms with Gasteiger partial charge in [0.2, 0.25) is 6.79 Å². The third-order valence-corrected chi connectivity index (χ3v) is 5.61. The van der Waals surface area contributed by atoms with Gasteiger partial charge in [-0.25, -0.2) is 4.79 Å². The number of benzene rings is 1. The number of carbonyl (C=O) groups excluding carboxylic acids is 1. The van der Waals surface area contributed by atoms with E-state index in [0.717, 1.165) is 23.2 Å². The summed E-state index contributed by atoms with van der Waals surface area (Å²) >= 11 is 0. The van der Waals surface area contributed by atoms with Gasteiger partial charge in [-0.15, -0.1) is 0 Å². The van der Waals surface area contributed by atoms with E-state index in [1.165, 1.54) is 0 Å². The first kappa shape index (κ1) is 27.0. The lowest BCUT2D eigenvalue weighted by Gasteiger charge is -2.19. The van der Waals surface area contributed by atoms with Gasteiger partial charge in [-0.2, -0.15) is 10.4 Å². The molecule has 2 aromatic rings. The Hall–Kier alpha value is -3.27. The average molecular weight is 468 g/mol. The maximum Gasteiger partial charge on any atom is 0.511 e. The molecule has 0 saturated carbocycles. The molecule has 2 rings (SSSR count). The van der Waals surface area contributed by atoms with E-state index in [1.807, 2.05) is 58.9 Å². The summed E-state index contributed by atoms with van der Waals surface area (Å²) in [5.74, 6) is 0.739. The molecule has 34 heavy (non-hydrogen) atoms. The van der Waals surface area contributed by atoms with Gasteiger partial charge >= 0.3 is 6.16 Å². The summed E-state index contributed by atoms with van der Waals surface area (Å²) in [6.45, 7) is 16.8. The third-order valence-electron chi connectivity index (χ3n) is 5.61. The molecule has 0 aliphatic carbocycles. The number of aromatic nitrogens is 2. The zero-order chi connectivity index (χ0) is 25.5. The number of nitrogens with zero attached hydrogens (tertiary/aromatic N) is 3. The molecule has 0 unspecified atom stereocenters. The molecule has 0 fully saturated rings. The second-order valence-corrected chi connectivity index (χ2v) is 9.71. The molecule has 0 spiro atoms. The van der Waals surface area contributed by atoms with E-state index in [2.05, 4.69) is 31.9 Å². The molecule has 0 radical (unpaired) electrons. The number of ether oxygens (including phenoxy) is 3. The van der Waals surface area contributed by atoms with Crippen molar-refractivity contribution in [3.05, 3.63) is 52.3 Å². The Labute approximate surface area is 203 Å². The lowest BCUT2D eigenvalue weighted by atomic mass is 9.86. The van der Waals surface area contributed by atoms with Gasteiger partial charge in [0, 0.05) is 12.1 Å². The molecule has 7 heteroatoms. The Bertz CT molecular complexity index is 1050. The highest BCUT2D eigenvalue weighted by Gasteiger charge is 2.23. The second kappa shape index (κ2) is 11.7. The summed E-state index contributed by atoms with van der Waals surface area (Å²) in [6, 6.07) is 10.2. The molecule has 1 aromatic heterocycles. The van der Waals surface area contributed by atoms with Crippen LogP contribution in [0.25, 0.3) is 11.3 Å². The number of hydrogen-bond acceptors (Lipinski definition) is 6. The molecule has 0 saturated heterocycles. The van der Waals surface area contributed by atoms with Crippen LogP contribution in [0.15, 0.2) is 24.3 Å². The molecular weight excluding hydrogens is 430 g/mol. The lowest BCUT2D eigenvalue weighted by molar-refractivity contribution is -0.00695. The first-order valence-electron chi connectivity index (χ1n) is 11.7. The monoisotopic (exact) mass is 467 g/mol. The highest BCUT2D eigenvalue weighted by molar-refractivity contribution is 5.94. The molecule has 184 valence electrons. The molecule has 1 aromatic carbocycles. The Morgan fingerprint density at radius 2 is 1.76 bits per heavy atom. The number of rotatable bonds is 9. The molecular formula is C27H37N3O4. The SMILES string of the molecule is CCn1nc(C)c(C)c1/C(OCOC(=O)OCCC(C)C)=C(\C#N)c1ccc(C(C)(C)C)cc1. The lowest BCUT2D eigenvalue weighted by Crippen LogP contribution is -2.14. The summed E-state index contributed by atoms with van der Waals surface area (Å²) in [6.07, 6.45) is -0.0526. The fourth-order valence-corrected chi connectivity index (χ4v) is 3.39. The molecule has 0 bridgehead atoms. The van der Waals surface area contributed by atoms with Crippen LogP contribution in [0, 0.1) is 31.1 Å². The van der Waals surface area contributed by atoms with Crippen molar-refractivity contribution >= 4 is 17.5 Å². The normalized spacial score (nSPS) is 12.2. The molecule has 7 nitrogen and oxygen atoms in total. The molecule has 0 atom stereocenters. The van der Waals surface area contributed by atoms with Crippen LogP contribution < -0.4 is 0 Å². The van der Waals surface area contributed by atoms with E-state index >= 15 is 0 Å². The summed E-state index contributed by atoms with van der Waals surface area (Å²) in [5.41, 5.74) is 4.64. The van der Waals surface area contributed by atoms with E-state index in [4.69, 9.17) is 14.2 Å². The van der Waals surface area contributed by atoms with E-state index in [0.29, 0.717) is 35.1 Å². The van der Waals surface area contributed by atoms with Crippen LogP contribution in [0.4, 0.5) is 4.79 Å². The zero-order valence-corrected chi connectivity index (χ0v) is 21.7. The van der Waals surface area contributed by atoms with Crippen LogP contribution in [-0.2, 0) is 26.2 Å². The molecule has 0 N–H and O–H groups in total. The fourth-order valence-electron chi connectivity index (χ4n) is 3.39. The smallest absolute Gasteiger partial charge is 0.454 e. The first-order valence-corrected chi connectivity index (χ1v) is 11.7. The van der Waals surface area contributed by atoms with Crippen LogP contribution in [-0.4, -0.2) is 29.3 Å². The van der Waals surface area contributed by atoms with Crippen LogP contribution in [0.1, 0.15) is 76.0 Å². The summed E-state index contributed by atoms with van der Waals surface area (Å²) in [5, 5.41) is 14.7. The number of carbonyl (C=O) groups is 1. The quantitative estimate of drug-likeness (QED) is 0.184. The highest BCUT2D eigenvalue weighted by atomic mass is 16.8. The zero-order valence-electron chi connectivity index (χ0n) is 21.7. The maximum absolute atomic E-state index is 12.0. The van der Waals surface area contributed by atoms with Crippen molar-refractivity contribution in [3.63, 3.8) is 0 Å². The van der Waals surface area contributed by atoms with Crippen molar-refractivity contribution < 1.29 is 19.0 Å². The van der Waals surface area contributed by atoms with Crippen molar-refractivity contribution in [1.29, 1.82) is 5.26 Å². The minimum atomic E-state index is -0.801.